The molecule has 0 saturated heterocycles. The molecule has 1 aliphatic rings. The smallest absolute Gasteiger partial charge is 0.123 e. The summed E-state index contributed by atoms with van der Waals surface area (Å²) < 4.78 is 13.2. The van der Waals surface area contributed by atoms with Crippen molar-refractivity contribution in [2.24, 2.45) is 5.92 Å². The maximum absolute atomic E-state index is 13.2. The average molecular weight is 251 g/mol. The predicted octanol–water partition coefficient (Wildman–Crippen LogP) is 2.81. The van der Waals surface area contributed by atoms with Gasteiger partial charge in [0.2, 0.25) is 0 Å². The van der Waals surface area contributed by atoms with Crippen molar-refractivity contribution in [2.45, 2.75) is 38.6 Å². The Kier molecular flexibility index (Phi) is 4.72. The van der Waals surface area contributed by atoms with Crippen LogP contribution < -0.4 is 5.32 Å². The summed E-state index contributed by atoms with van der Waals surface area (Å²) in [5.74, 6) is 0.337. The van der Waals surface area contributed by atoms with E-state index in [-0.39, 0.29) is 12.4 Å². The third kappa shape index (κ3) is 3.30. The van der Waals surface area contributed by atoms with E-state index in [1.54, 1.807) is 12.1 Å². The van der Waals surface area contributed by atoms with Crippen LogP contribution in [0.15, 0.2) is 18.2 Å². The zero-order chi connectivity index (χ0) is 13.0. The Morgan fingerprint density at radius 2 is 2.33 bits per heavy atom. The van der Waals surface area contributed by atoms with E-state index < -0.39 is 0 Å². The minimum Gasteiger partial charge on any atom is -0.396 e. The Hall–Kier alpha value is -0.930. The van der Waals surface area contributed by atoms with Gasteiger partial charge in [0.15, 0.2) is 0 Å². The summed E-state index contributed by atoms with van der Waals surface area (Å²) in [6.45, 7) is 3.29. The van der Waals surface area contributed by atoms with Gasteiger partial charge in [-0.15, -0.1) is 0 Å². The molecule has 0 fully saturated rings. The molecule has 0 heterocycles. The van der Waals surface area contributed by atoms with E-state index in [4.69, 9.17) is 5.11 Å². The van der Waals surface area contributed by atoms with Crippen LogP contribution in [0, 0.1) is 11.7 Å². The van der Waals surface area contributed by atoms with Crippen LogP contribution in [0.2, 0.25) is 0 Å². The lowest BCUT2D eigenvalue weighted by Gasteiger charge is -2.27. The van der Waals surface area contributed by atoms with E-state index in [0.717, 1.165) is 37.8 Å². The van der Waals surface area contributed by atoms with E-state index in [2.05, 4.69) is 12.2 Å². The summed E-state index contributed by atoms with van der Waals surface area (Å²) in [6, 6.07) is 5.48. The summed E-state index contributed by atoms with van der Waals surface area (Å²) >= 11 is 0. The number of halogens is 1. The molecule has 1 aliphatic carbocycles. The normalized spacial score (nSPS) is 20.5. The largest absolute Gasteiger partial charge is 0.396 e. The SMILES string of the molecule is C[C@@H](CCO)CN[C@H]1CCCc2cc(F)ccc21. The van der Waals surface area contributed by atoms with Gasteiger partial charge in [-0.25, -0.2) is 4.39 Å². The summed E-state index contributed by atoms with van der Waals surface area (Å²) in [4.78, 5) is 0. The highest BCUT2D eigenvalue weighted by molar-refractivity contribution is 5.32. The van der Waals surface area contributed by atoms with Crippen LogP contribution in [-0.2, 0) is 6.42 Å². The molecule has 18 heavy (non-hydrogen) atoms. The van der Waals surface area contributed by atoms with E-state index in [9.17, 15) is 4.39 Å². The highest BCUT2D eigenvalue weighted by atomic mass is 19.1. The van der Waals surface area contributed by atoms with E-state index in [0.29, 0.717) is 12.0 Å². The van der Waals surface area contributed by atoms with Crippen molar-refractivity contribution in [2.75, 3.05) is 13.2 Å². The number of nitrogens with one attached hydrogen (secondary N) is 1. The van der Waals surface area contributed by atoms with Crippen molar-refractivity contribution in [3.05, 3.63) is 35.1 Å². The van der Waals surface area contributed by atoms with Crippen molar-refractivity contribution >= 4 is 0 Å². The predicted molar refractivity (Wildman–Crippen MR) is 70.9 cm³/mol. The van der Waals surface area contributed by atoms with E-state index in [1.807, 2.05) is 6.07 Å². The molecule has 0 aliphatic heterocycles. The topological polar surface area (TPSA) is 32.3 Å². The zero-order valence-corrected chi connectivity index (χ0v) is 11.0. The second-order valence-corrected chi connectivity index (χ2v) is 5.31. The molecule has 100 valence electrons. The van der Waals surface area contributed by atoms with Crippen molar-refractivity contribution in [3.63, 3.8) is 0 Å². The standard InChI is InChI=1S/C15H22FNO/c1-11(7-8-18)10-17-15-4-2-3-12-9-13(16)5-6-14(12)15/h5-6,9,11,15,17-18H,2-4,7-8,10H2,1H3/t11-,15-/m0/s1. The van der Waals surface area contributed by atoms with E-state index in [1.165, 1.54) is 5.56 Å². The lowest BCUT2D eigenvalue weighted by molar-refractivity contribution is 0.256. The molecule has 0 saturated carbocycles. The zero-order valence-electron chi connectivity index (χ0n) is 11.0. The summed E-state index contributed by atoms with van der Waals surface area (Å²) in [6.07, 6.45) is 4.04. The van der Waals surface area contributed by atoms with Crippen molar-refractivity contribution < 1.29 is 9.50 Å². The first-order valence-corrected chi connectivity index (χ1v) is 6.83. The van der Waals surface area contributed by atoms with Crippen LogP contribution >= 0.6 is 0 Å². The maximum Gasteiger partial charge on any atom is 0.123 e. The first-order chi connectivity index (χ1) is 8.70. The number of aliphatic hydroxyl groups is 1. The average Bonchev–Trinajstić information content (AvgIpc) is 2.36. The van der Waals surface area contributed by atoms with Crippen LogP contribution in [0.25, 0.3) is 0 Å². The number of fused-ring (bicyclic) bond motifs is 1. The molecule has 2 atom stereocenters. The first kappa shape index (κ1) is 13.5. The molecule has 2 N–H and O–H groups in total. The van der Waals surface area contributed by atoms with Gasteiger partial charge < -0.3 is 10.4 Å². The molecule has 0 aromatic heterocycles. The number of aliphatic hydroxyl groups excluding tert-OH is 1. The van der Waals surface area contributed by atoms with Gasteiger partial charge in [-0.05, 0) is 61.4 Å². The Morgan fingerprint density at radius 3 is 3.11 bits per heavy atom. The Morgan fingerprint density at radius 1 is 1.50 bits per heavy atom. The van der Waals surface area contributed by atoms with Gasteiger partial charge in [0.05, 0.1) is 0 Å². The van der Waals surface area contributed by atoms with Crippen molar-refractivity contribution in [1.82, 2.24) is 5.32 Å². The van der Waals surface area contributed by atoms with E-state index >= 15 is 0 Å². The van der Waals surface area contributed by atoms with Gasteiger partial charge >= 0.3 is 0 Å². The summed E-state index contributed by atoms with van der Waals surface area (Å²) in [5.41, 5.74) is 2.40. The molecule has 0 amide bonds. The third-order valence-corrected chi connectivity index (χ3v) is 3.75. The Balaban J connectivity index is 1.99. The molecule has 1 aromatic carbocycles. The fourth-order valence-electron chi connectivity index (χ4n) is 2.66. The molecule has 0 unspecified atom stereocenters. The highest BCUT2D eigenvalue weighted by Gasteiger charge is 2.20. The fraction of sp³-hybridized carbons (Fsp3) is 0.600. The van der Waals surface area contributed by atoms with Crippen LogP contribution in [0.3, 0.4) is 0 Å². The second-order valence-electron chi connectivity index (χ2n) is 5.31. The summed E-state index contributed by atoms with van der Waals surface area (Å²) in [7, 11) is 0. The quantitative estimate of drug-likeness (QED) is 0.843. The van der Waals surface area contributed by atoms with Crippen LogP contribution in [-0.4, -0.2) is 18.3 Å². The third-order valence-electron chi connectivity index (χ3n) is 3.75. The van der Waals surface area contributed by atoms with Gasteiger partial charge in [-0.3, -0.25) is 0 Å². The van der Waals surface area contributed by atoms with Gasteiger partial charge in [-0.2, -0.15) is 0 Å². The second kappa shape index (κ2) is 6.30. The first-order valence-electron chi connectivity index (χ1n) is 6.83. The lowest BCUT2D eigenvalue weighted by atomic mass is 9.87. The van der Waals surface area contributed by atoms with Crippen LogP contribution in [0.4, 0.5) is 4.39 Å². The van der Waals surface area contributed by atoms with Crippen molar-refractivity contribution in [3.8, 4) is 0 Å². The molecule has 2 rings (SSSR count). The summed E-state index contributed by atoms with van der Waals surface area (Å²) in [5, 5.41) is 12.4. The molecular formula is C15H22FNO. The lowest BCUT2D eigenvalue weighted by Crippen LogP contribution is -2.29. The molecule has 1 aromatic rings. The van der Waals surface area contributed by atoms with Gasteiger partial charge in [-0.1, -0.05) is 13.0 Å². The number of aryl methyl sites for hydroxylation is 1. The Labute approximate surface area is 108 Å². The van der Waals surface area contributed by atoms with Gasteiger partial charge in [0, 0.05) is 12.6 Å². The number of hydrogen-bond donors (Lipinski definition) is 2. The molecule has 2 nitrogen and oxygen atoms in total. The molecule has 3 heteroatoms. The molecule has 0 bridgehead atoms. The minimum absolute atomic E-state index is 0.136. The molecule has 0 spiro atoms. The number of rotatable bonds is 5. The maximum atomic E-state index is 13.2. The number of hydrogen-bond acceptors (Lipinski definition) is 2. The Bertz CT molecular complexity index is 394. The molecular weight excluding hydrogens is 229 g/mol. The monoisotopic (exact) mass is 251 g/mol. The number of benzene rings is 1. The molecule has 0 radical (unpaired) electrons. The highest BCUT2D eigenvalue weighted by Crippen LogP contribution is 2.30. The van der Waals surface area contributed by atoms with Gasteiger partial charge in [0.1, 0.15) is 5.82 Å². The van der Waals surface area contributed by atoms with Crippen molar-refractivity contribution in [1.29, 1.82) is 0 Å². The fourth-order valence-corrected chi connectivity index (χ4v) is 2.66. The van der Waals surface area contributed by atoms with Gasteiger partial charge in [0.25, 0.3) is 0 Å². The minimum atomic E-state index is -0.136. The van der Waals surface area contributed by atoms with Crippen LogP contribution in [0.1, 0.15) is 43.4 Å². The van der Waals surface area contributed by atoms with Crippen LogP contribution in [0.5, 0.6) is 0 Å².